The number of rotatable bonds is 3. The number of aliphatic hydroxyl groups is 1. The van der Waals surface area contributed by atoms with E-state index in [2.05, 4.69) is 0 Å². The van der Waals surface area contributed by atoms with E-state index in [1.165, 1.54) is 0 Å². The van der Waals surface area contributed by atoms with Gasteiger partial charge >= 0.3 is 6.09 Å². The molecule has 1 aromatic carbocycles. The van der Waals surface area contributed by atoms with Crippen molar-refractivity contribution in [2.24, 2.45) is 5.92 Å². The molecule has 0 unspecified atom stereocenters. The van der Waals surface area contributed by atoms with Gasteiger partial charge in [-0.3, -0.25) is 0 Å². The number of amides is 1. The van der Waals surface area contributed by atoms with Gasteiger partial charge in [0.2, 0.25) is 0 Å². The Hall–Kier alpha value is -1.55. The second kappa shape index (κ2) is 5.19. The highest BCUT2D eigenvalue weighted by Crippen LogP contribution is 2.27. The summed E-state index contributed by atoms with van der Waals surface area (Å²) in [7, 11) is 1.72. The molecule has 0 radical (unpaired) electrons. The first-order chi connectivity index (χ1) is 8.15. The van der Waals surface area contributed by atoms with Crippen LogP contribution in [0.4, 0.5) is 4.79 Å². The van der Waals surface area contributed by atoms with Gasteiger partial charge in [-0.25, -0.2) is 4.79 Å². The first-order valence-corrected chi connectivity index (χ1v) is 5.81. The zero-order valence-electron chi connectivity index (χ0n) is 9.87. The summed E-state index contributed by atoms with van der Waals surface area (Å²) < 4.78 is 5.20. The molecule has 1 aliphatic rings. The van der Waals surface area contributed by atoms with Gasteiger partial charge in [-0.15, -0.1) is 0 Å². The summed E-state index contributed by atoms with van der Waals surface area (Å²) in [6.45, 7) is 0.642. The molecule has 0 saturated heterocycles. The molecular formula is C13H17NO3. The number of carbonyl (C=O) groups is 1. The van der Waals surface area contributed by atoms with Crippen molar-refractivity contribution in [3.63, 3.8) is 0 Å². The SMILES string of the molecule is CN(CC1CC(O)C1)C(=O)Oc1ccccc1. The van der Waals surface area contributed by atoms with Gasteiger partial charge in [0.05, 0.1) is 6.10 Å². The van der Waals surface area contributed by atoms with Crippen LogP contribution in [0.5, 0.6) is 5.75 Å². The predicted molar refractivity (Wildman–Crippen MR) is 63.8 cm³/mol. The number of carbonyl (C=O) groups excluding carboxylic acids is 1. The Morgan fingerprint density at radius 2 is 2.06 bits per heavy atom. The van der Waals surface area contributed by atoms with E-state index in [4.69, 9.17) is 4.74 Å². The molecule has 1 N–H and O–H groups in total. The van der Waals surface area contributed by atoms with Gasteiger partial charge in [0.25, 0.3) is 0 Å². The molecule has 4 nitrogen and oxygen atoms in total. The molecule has 1 fully saturated rings. The Labute approximate surface area is 101 Å². The van der Waals surface area contributed by atoms with Gasteiger partial charge in [0, 0.05) is 13.6 Å². The number of para-hydroxylation sites is 1. The predicted octanol–water partition coefficient (Wildman–Crippen LogP) is 1.89. The maximum Gasteiger partial charge on any atom is 0.414 e. The van der Waals surface area contributed by atoms with Gasteiger partial charge in [-0.05, 0) is 30.9 Å². The number of nitrogens with zero attached hydrogens (tertiary/aromatic N) is 1. The first kappa shape index (κ1) is 11.9. The second-order valence-electron chi connectivity index (χ2n) is 4.55. The number of benzene rings is 1. The molecule has 0 heterocycles. The smallest absolute Gasteiger partial charge is 0.410 e. The highest BCUT2D eigenvalue weighted by molar-refractivity contribution is 5.70. The van der Waals surface area contributed by atoms with E-state index in [0.29, 0.717) is 18.2 Å². The third-order valence-electron chi connectivity index (χ3n) is 3.00. The van der Waals surface area contributed by atoms with Crippen molar-refractivity contribution in [1.82, 2.24) is 4.90 Å². The summed E-state index contributed by atoms with van der Waals surface area (Å²) in [5.74, 6) is 0.955. The summed E-state index contributed by atoms with van der Waals surface area (Å²) in [5, 5.41) is 9.17. The molecule has 0 aliphatic heterocycles. The van der Waals surface area contributed by atoms with Crippen LogP contribution in [0.25, 0.3) is 0 Å². The lowest BCUT2D eigenvalue weighted by atomic mass is 9.82. The average Bonchev–Trinajstić information content (AvgIpc) is 2.28. The number of aliphatic hydroxyl groups excluding tert-OH is 1. The van der Waals surface area contributed by atoms with Gasteiger partial charge < -0.3 is 14.7 Å². The zero-order valence-corrected chi connectivity index (χ0v) is 9.87. The third-order valence-corrected chi connectivity index (χ3v) is 3.00. The van der Waals surface area contributed by atoms with Crippen LogP contribution in [-0.4, -0.2) is 35.8 Å². The lowest BCUT2D eigenvalue weighted by Crippen LogP contribution is -2.40. The lowest BCUT2D eigenvalue weighted by molar-refractivity contribution is 0.0296. The van der Waals surface area contributed by atoms with E-state index >= 15 is 0 Å². The topological polar surface area (TPSA) is 49.8 Å². The molecule has 1 aliphatic carbocycles. The summed E-state index contributed by atoms with van der Waals surface area (Å²) in [4.78, 5) is 13.3. The molecule has 0 bridgehead atoms. The molecule has 0 atom stereocenters. The highest BCUT2D eigenvalue weighted by Gasteiger charge is 2.29. The average molecular weight is 235 g/mol. The molecule has 1 saturated carbocycles. The summed E-state index contributed by atoms with van der Waals surface area (Å²) in [6.07, 6.45) is 1.03. The minimum atomic E-state index is -0.349. The lowest BCUT2D eigenvalue weighted by Gasteiger charge is -2.33. The van der Waals surface area contributed by atoms with Crippen molar-refractivity contribution in [2.45, 2.75) is 18.9 Å². The summed E-state index contributed by atoms with van der Waals surface area (Å²) in [5.41, 5.74) is 0. The minimum Gasteiger partial charge on any atom is -0.410 e. The minimum absolute atomic E-state index is 0.182. The van der Waals surface area contributed by atoms with Crippen LogP contribution < -0.4 is 4.74 Å². The van der Waals surface area contributed by atoms with E-state index in [1.54, 1.807) is 24.1 Å². The Balaban J connectivity index is 1.79. The molecule has 1 amide bonds. The molecule has 17 heavy (non-hydrogen) atoms. The van der Waals surface area contributed by atoms with Gasteiger partial charge in [0.1, 0.15) is 5.75 Å². The molecule has 0 spiro atoms. The van der Waals surface area contributed by atoms with Gasteiger partial charge in [-0.1, -0.05) is 18.2 Å². The van der Waals surface area contributed by atoms with Crippen LogP contribution in [0, 0.1) is 5.92 Å². The van der Waals surface area contributed by atoms with Crippen LogP contribution in [0.1, 0.15) is 12.8 Å². The first-order valence-electron chi connectivity index (χ1n) is 5.81. The number of hydrogen-bond acceptors (Lipinski definition) is 3. The Morgan fingerprint density at radius 3 is 2.65 bits per heavy atom. The van der Waals surface area contributed by atoms with Gasteiger partial charge in [-0.2, -0.15) is 0 Å². The summed E-state index contributed by atoms with van der Waals surface area (Å²) >= 11 is 0. The fraction of sp³-hybridized carbons (Fsp3) is 0.462. The molecule has 4 heteroatoms. The molecule has 2 rings (SSSR count). The van der Waals surface area contributed by atoms with Crippen LogP contribution in [0.15, 0.2) is 30.3 Å². The summed E-state index contributed by atoms with van der Waals surface area (Å²) in [6, 6.07) is 9.02. The van der Waals surface area contributed by atoms with Crippen molar-refractivity contribution in [1.29, 1.82) is 0 Å². The van der Waals surface area contributed by atoms with Gasteiger partial charge in [0.15, 0.2) is 0 Å². The third kappa shape index (κ3) is 3.20. The van der Waals surface area contributed by atoms with E-state index in [-0.39, 0.29) is 12.2 Å². The van der Waals surface area contributed by atoms with Crippen LogP contribution in [0.3, 0.4) is 0 Å². The van der Waals surface area contributed by atoms with Crippen molar-refractivity contribution in [3.8, 4) is 5.75 Å². The quantitative estimate of drug-likeness (QED) is 0.870. The monoisotopic (exact) mass is 235 g/mol. The Morgan fingerprint density at radius 1 is 1.41 bits per heavy atom. The van der Waals surface area contributed by atoms with Crippen molar-refractivity contribution in [3.05, 3.63) is 30.3 Å². The molecular weight excluding hydrogens is 218 g/mol. The maximum absolute atomic E-state index is 11.7. The maximum atomic E-state index is 11.7. The number of ether oxygens (including phenoxy) is 1. The van der Waals surface area contributed by atoms with E-state index in [9.17, 15) is 9.90 Å². The van der Waals surface area contributed by atoms with Crippen LogP contribution in [-0.2, 0) is 0 Å². The standard InChI is InChI=1S/C13H17NO3/c1-14(9-10-7-11(15)8-10)13(16)17-12-5-3-2-4-6-12/h2-6,10-11,15H,7-9H2,1H3. The largest absolute Gasteiger partial charge is 0.414 e. The molecule has 92 valence electrons. The normalized spacial score (nSPS) is 22.7. The van der Waals surface area contributed by atoms with Crippen molar-refractivity contribution >= 4 is 6.09 Å². The Kier molecular flexibility index (Phi) is 3.64. The van der Waals surface area contributed by atoms with Crippen molar-refractivity contribution < 1.29 is 14.6 Å². The van der Waals surface area contributed by atoms with E-state index in [1.807, 2.05) is 18.2 Å². The highest BCUT2D eigenvalue weighted by atomic mass is 16.6. The second-order valence-corrected chi connectivity index (χ2v) is 4.55. The number of hydrogen-bond donors (Lipinski definition) is 1. The van der Waals surface area contributed by atoms with E-state index in [0.717, 1.165) is 12.8 Å². The van der Waals surface area contributed by atoms with Crippen LogP contribution in [0.2, 0.25) is 0 Å². The Bertz CT molecular complexity index is 374. The fourth-order valence-corrected chi connectivity index (χ4v) is 1.98. The molecule has 0 aromatic heterocycles. The van der Waals surface area contributed by atoms with Crippen LogP contribution >= 0.6 is 0 Å². The van der Waals surface area contributed by atoms with Crippen molar-refractivity contribution in [2.75, 3.05) is 13.6 Å². The fourth-order valence-electron chi connectivity index (χ4n) is 1.98. The molecule has 1 aromatic rings. The zero-order chi connectivity index (χ0) is 12.3. The van der Waals surface area contributed by atoms with E-state index < -0.39 is 0 Å².